The molecule has 1 atom stereocenters. The molecule has 17 heavy (non-hydrogen) atoms. The summed E-state index contributed by atoms with van der Waals surface area (Å²) >= 11 is 1.76. The number of anilines is 1. The highest BCUT2D eigenvalue weighted by Gasteiger charge is 2.06. The largest absolute Gasteiger partial charge is 0.355 e. The van der Waals surface area contributed by atoms with E-state index in [1.807, 2.05) is 26.2 Å². The Hall–Kier alpha value is -1.39. The minimum Gasteiger partial charge on any atom is -0.355 e. The molecule has 0 amide bonds. The normalized spacial score (nSPS) is 12.4. The van der Waals surface area contributed by atoms with Gasteiger partial charge in [-0.3, -0.25) is 0 Å². The predicted molar refractivity (Wildman–Crippen MR) is 73.3 cm³/mol. The molecule has 90 valence electrons. The summed E-state index contributed by atoms with van der Waals surface area (Å²) < 4.78 is 0. The lowest BCUT2D eigenvalue weighted by Gasteiger charge is -2.18. The smallest absolute Gasteiger partial charge is 0.128 e. The molecule has 0 aromatic carbocycles. The molecule has 0 saturated heterocycles. The molecular weight excluding hydrogens is 230 g/mol. The zero-order chi connectivity index (χ0) is 12.3. The van der Waals surface area contributed by atoms with Gasteiger partial charge in [0.15, 0.2) is 0 Å². The topological polar surface area (TPSA) is 42.1 Å². The van der Waals surface area contributed by atoms with E-state index in [-0.39, 0.29) is 6.04 Å². The average Bonchev–Trinajstić information content (AvgIpc) is 2.82. The Bertz CT molecular complexity index is 465. The van der Waals surface area contributed by atoms with Gasteiger partial charge in [0.25, 0.3) is 0 Å². The van der Waals surface area contributed by atoms with Crippen LogP contribution in [0.2, 0.25) is 0 Å². The number of rotatable bonds is 4. The van der Waals surface area contributed by atoms with Gasteiger partial charge >= 0.3 is 0 Å². The Morgan fingerprint density at radius 3 is 2.94 bits per heavy atom. The van der Waals surface area contributed by atoms with Crippen molar-refractivity contribution >= 4 is 17.2 Å². The van der Waals surface area contributed by atoms with Crippen LogP contribution in [0.5, 0.6) is 0 Å². The van der Waals surface area contributed by atoms with E-state index in [2.05, 4.69) is 33.5 Å². The average molecular weight is 247 g/mol. The third-order valence-corrected chi connectivity index (χ3v) is 3.52. The molecule has 2 aromatic heterocycles. The van der Waals surface area contributed by atoms with Crippen molar-refractivity contribution in [3.8, 4) is 0 Å². The molecule has 3 nitrogen and oxygen atoms in total. The third kappa shape index (κ3) is 3.05. The first-order valence-electron chi connectivity index (χ1n) is 5.62. The van der Waals surface area contributed by atoms with Crippen LogP contribution in [-0.2, 0) is 6.54 Å². The third-order valence-electron chi connectivity index (χ3n) is 2.66. The van der Waals surface area contributed by atoms with E-state index in [0.717, 1.165) is 17.9 Å². The lowest BCUT2D eigenvalue weighted by atomic mass is 10.1. The van der Waals surface area contributed by atoms with Gasteiger partial charge in [0.2, 0.25) is 0 Å². The quantitative estimate of drug-likeness (QED) is 0.903. The number of thiophene rings is 1. The van der Waals surface area contributed by atoms with Crippen molar-refractivity contribution in [2.45, 2.75) is 19.5 Å². The number of hydrogen-bond acceptors (Lipinski definition) is 4. The molecule has 2 heterocycles. The second kappa shape index (κ2) is 5.29. The van der Waals surface area contributed by atoms with Crippen LogP contribution in [0, 0.1) is 0 Å². The lowest BCUT2D eigenvalue weighted by Crippen LogP contribution is -2.17. The Kier molecular flexibility index (Phi) is 3.76. The number of hydrogen-bond donors (Lipinski definition) is 1. The van der Waals surface area contributed by atoms with Crippen LogP contribution < -0.4 is 10.6 Å². The summed E-state index contributed by atoms with van der Waals surface area (Å²) in [5.74, 6) is 0.966. The lowest BCUT2D eigenvalue weighted by molar-refractivity contribution is 0.810. The van der Waals surface area contributed by atoms with Crippen molar-refractivity contribution in [1.82, 2.24) is 4.98 Å². The maximum Gasteiger partial charge on any atom is 0.128 e. The van der Waals surface area contributed by atoms with Crippen molar-refractivity contribution in [2.75, 3.05) is 11.9 Å². The molecule has 0 aliphatic carbocycles. The molecule has 2 rings (SSSR count). The van der Waals surface area contributed by atoms with E-state index in [9.17, 15) is 0 Å². The Balaban J connectivity index is 2.13. The van der Waals surface area contributed by atoms with E-state index in [4.69, 9.17) is 5.73 Å². The first-order valence-corrected chi connectivity index (χ1v) is 6.50. The molecule has 0 unspecified atom stereocenters. The predicted octanol–water partition coefficient (Wildman–Crippen LogP) is 2.80. The van der Waals surface area contributed by atoms with Crippen LogP contribution in [0.15, 0.2) is 35.8 Å². The molecule has 0 bridgehead atoms. The Labute approximate surface area is 106 Å². The minimum absolute atomic E-state index is 0.0480. The van der Waals surface area contributed by atoms with Gasteiger partial charge in [-0.15, -0.1) is 11.3 Å². The zero-order valence-electron chi connectivity index (χ0n) is 10.1. The van der Waals surface area contributed by atoms with Gasteiger partial charge in [-0.1, -0.05) is 6.07 Å². The van der Waals surface area contributed by atoms with Crippen LogP contribution in [0.1, 0.15) is 23.4 Å². The van der Waals surface area contributed by atoms with Crippen LogP contribution in [0.4, 0.5) is 5.82 Å². The van der Waals surface area contributed by atoms with Gasteiger partial charge in [-0.2, -0.15) is 0 Å². The van der Waals surface area contributed by atoms with Gasteiger partial charge < -0.3 is 10.6 Å². The van der Waals surface area contributed by atoms with Crippen molar-refractivity contribution in [3.05, 3.63) is 46.3 Å². The summed E-state index contributed by atoms with van der Waals surface area (Å²) in [5, 5.41) is 2.09. The number of aromatic nitrogens is 1. The number of pyridine rings is 1. The number of nitrogens with two attached hydrogens (primary N) is 1. The standard InChI is InChI=1S/C13H17N3S/c1-10(14)11-5-6-15-13(8-11)16(2)9-12-4-3-7-17-12/h3-8,10H,9,14H2,1-2H3/t10-/m0/s1. The summed E-state index contributed by atoms with van der Waals surface area (Å²) in [7, 11) is 2.05. The molecule has 2 aromatic rings. The molecule has 0 radical (unpaired) electrons. The zero-order valence-corrected chi connectivity index (χ0v) is 10.9. The summed E-state index contributed by atoms with van der Waals surface area (Å²) in [6, 6.07) is 8.27. The van der Waals surface area contributed by atoms with Gasteiger partial charge in [-0.05, 0) is 36.1 Å². The van der Waals surface area contributed by atoms with E-state index < -0.39 is 0 Å². The number of nitrogens with zero attached hydrogens (tertiary/aromatic N) is 2. The fourth-order valence-corrected chi connectivity index (χ4v) is 2.40. The van der Waals surface area contributed by atoms with Crippen molar-refractivity contribution in [3.63, 3.8) is 0 Å². The highest BCUT2D eigenvalue weighted by Crippen LogP contribution is 2.19. The molecule has 0 aliphatic rings. The van der Waals surface area contributed by atoms with Crippen LogP contribution in [-0.4, -0.2) is 12.0 Å². The maximum atomic E-state index is 5.87. The summed E-state index contributed by atoms with van der Waals surface area (Å²) in [4.78, 5) is 7.85. The van der Waals surface area contributed by atoms with E-state index >= 15 is 0 Å². The van der Waals surface area contributed by atoms with E-state index in [1.165, 1.54) is 4.88 Å². The Morgan fingerprint density at radius 1 is 1.47 bits per heavy atom. The first kappa shape index (κ1) is 12.1. The second-order valence-electron chi connectivity index (χ2n) is 4.17. The van der Waals surface area contributed by atoms with Gasteiger partial charge in [-0.25, -0.2) is 4.98 Å². The van der Waals surface area contributed by atoms with Crippen LogP contribution in [0.25, 0.3) is 0 Å². The molecule has 4 heteroatoms. The highest BCUT2D eigenvalue weighted by atomic mass is 32.1. The molecule has 0 spiro atoms. The molecule has 0 aliphatic heterocycles. The second-order valence-corrected chi connectivity index (χ2v) is 5.20. The summed E-state index contributed by atoms with van der Waals surface area (Å²) in [5.41, 5.74) is 6.99. The Morgan fingerprint density at radius 2 is 2.29 bits per heavy atom. The molecule has 0 saturated carbocycles. The fraction of sp³-hybridized carbons (Fsp3) is 0.308. The molecule has 2 N–H and O–H groups in total. The summed E-state index contributed by atoms with van der Waals surface area (Å²) in [6.07, 6.45) is 1.82. The SMILES string of the molecule is C[C@H](N)c1ccnc(N(C)Cc2cccs2)c1. The van der Waals surface area contributed by atoms with Crippen molar-refractivity contribution in [2.24, 2.45) is 5.73 Å². The van der Waals surface area contributed by atoms with Gasteiger partial charge in [0.1, 0.15) is 5.82 Å². The molecular formula is C13H17N3S. The monoisotopic (exact) mass is 247 g/mol. The minimum atomic E-state index is 0.0480. The van der Waals surface area contributed by atoms with E-state index in [0.29, 0.717) is 0 Å². The van der Waals surface area contributed by atoms with Crippen LogP contribution in [0.3, 0.4) is 0 Å². The summed E-state index contributed by atoms with van der Waals surface area (Å²) in [6.45, 7) is 2.87. The van der Waals surface area contributed by atoms with Crippen LogP contribution >= 0.6 is 11.3 Å². The maximum absolute atomic E-state index is 5.87. The van der Waals surface area contributed by atoms with Gasteiger partial charge in [0, 0.05) is 24.2 Å². The van der Waals surface area contributed by atoms with E-state index in [1.54, 1.807) is 11.3 Å². The highest BCUT2D eigenvalue weighted by molar-refractivity contribution is 7.09. The van der Waals surface area contributed by atoms with Crippen molar-refractivity contribution in [1.29, 1.82) is 0 Å². The fourth-order valence-electron chi connectivity index (χ4n) is 1.64. The van der Waals surface area contributed by atoms with Gasteiger partial charge in [0.05, 0.1) is 6.54 Å². The first-order chi connectivity index (χ1) is 8.16. The molecule has 0 fully saturated rings. The van der Waals surface area contributed by atoms with Crippen molar-refractivity contribution < 1.29 is 0 Å².